The van der Waals surface area contributed by atoms with Crippen LogP contribution in [0, 0.1) is 5.82 Å². The van der Waals surface area contributed by atoms with E-state index >= 15 is 0 Å². The number of thiophene rings is 1. The Morgan fingerprint density at radius 1 is 1.39 bits per heavy atom. The molecule has 0 saturated carbocycles. The minimum atomic E-state index is -0.889. The average molecular weight is 335 g/mol. The molecular formula is C15H14FN3O3S. The van der Waals surface area contributed by atoms with Crippen molar-refractivity contribution in [3.05, 3.63) is 56.8 Å². The van der Waals surface area contributed by atoms with Crippen LogP contribution in [0.15, 0.2) is 40.5 Å². The number of halogens is 1. The lowest BCUT2D eigenvalue weighted by atomic mass is 10.2. The van der Waals surface area contributed by atoms with Gasteiger partial charge in [-0.05, 0) is 23.6 Å². The summed E-state index contributed by atoms with van der Waals surface area (Å²) in [4.78, 5) is 13.3. The Hall–Kier alpha value is -2.16. The third-order valence-corrected chi connectivity index (χ3v) is 4.05. The van der Waals surface area contributed by atoms with Crippen molar-refractivity contribution in [2.45, 2.75) is 19.3 Å². The van der Waals surface area contributed by atoms with Crippen LogP contribution in [-0.2, 0) is 17.9 Å². The molecule has 0 amide bonds. The van der Waals surface area contributed by atoms with Crippen molar-refractivity contribution in [3.8, 4) is 0 Å². The second-order valence-corrected chi connectivity index (χ2v) is 6.02. The van der Waals surface area contributed by atoms with Crippen LogP contribution >= 0.6 is 11.3 Å². The molecule has 6 nitrogen and oxygen atoms in total. The summed E-state index contributed by atoms with van der Waals surface area (Å²) >= 11 is 1.57. The molecule has 3 rings (SSSR count). The Morgan fingerprint density at radius 2 is 2.26 bits per heavy atom. The Balaban J connectivity index is 1.65. The molecule has 0 aliphatic heterocycles. The zero-order chi connectivity index (χ0) is 16.2. The first kappa shape index (κ1) is 15.7. The van der Waals surface area contributed by atoms with Crippen molar-refractivity contribution in [2.75, 3.05) is 6.61 Å². The molecule has 0 aliphatic carbocycles. The maximum Gasteiger partial charge on any atom is 0.277 e. The summed E-state index contributed by atoms with van der Waals surface area (Å²) in [6.45, 7) is 0.448. The van der Waals surface area contributed by atoms with Gasteiger partial charge >= 0.3 is 0 Å². The van der Waals surface area contributed by atoms with Gasteiger partial charge in [0.05, 0.1) is 31.2 Å². The highest BCUT2D eigenvalue weighted by atomic mass is 32.1. The van der Waals surface area contributed by atoms with Gasteiger partial charge in [-0.2, -0.15) is 0 Å². The molecule has 23 heavy (non-hydrogen) atoms. The van der Waals surface area contributed by atoms with E-state index in [2.05, 4.69) is 10.3 Å². The molecule has 2 aromatic heterocycles. The number of fused-ring (bicyclic) bond motifs is 1. The Morgan fingerprint density at radius 3 is 3.04 bits per heavy atom. The number of hydrogen-bond acceptors (Lipinski definition) is 6. The quantitative estimate of drug-likeness (QED) is 0.740. The highest BCUT2D eigenvalue weighted by molar-refractivity contribution is 7.09. The van der Waals surface area contributed by atoms with Gasteiger partial charge in [-0.3, -0.25) is 4.79 Å². The molecule has 1 atom stereocenters. The molecule has 0 spiro atoms. The predicted molar refractivity (Wildman–Crippen MR) is 83.7 cm³/mol. The second-order valence-electron chi connectivity index (χ2n) is 4.99. The smallest absolute Gasteiger partial charge is 0.277 e. The number of benzene rings is 1. The number of nitrogens with zero attached hydrogens (tertiary/aromatic N) is 3. The van der Waals surface area contributed by atoms with E-state index in [0.717, 1.165) is 15.6 Å². The summed E-state index contributed by atoms with van der Waals surface area (Å²) in [5, 5.41) is 19.7. The number of ether oxygens (including phenoxy) is 1. The van der Waals surface area contributed by atoms with E-state index in [9.17, 15) is 14.3 Å². The van der Waals surface area contributed by atoms with Gasteiger partial charge < -0.3 is 9.84 Å². The number of aromatic nitrogens is 3. The number of aliphatic hydroxyl groups excluding tert-OH is 1. The Labute approximate surface area is 134 Å². The van der Waals surface area contributed by atoms with E-state index in [1.165, 1.54) is 12.1 Å². The third-order valence-electron chi connectivity index (χ3n) is 3.20. The van der Waals surface area contributed by atoms with E-state index in [4.69, 9.17) is 4.74 Å². The first-order chi connectivity index (χ1) is 11.1. The van der Waals surface area contributed by atoms with Crippen molar-refractivity contribution in [2.24, 2.45) is 0 Å². The predicted octanol–water partition coefficient (Wildman–Crippen LogP) is 1.57. The molecule has 1 unspecified atom stereocenters. The molecule has 120 valence electrons. The second kappa shape index (κ2) is 6.95. The molecule has 0 bridgehead atoms. The van der Waals surface area contributed by atoms with Gasteiger partial charge in [-0.15, -0.1) is 16.4 Å². The summed E-state index contributed by atoms with van der Waals surface area (Å²) in [5.74, 6) is -0.481. The molecule has 0 fully saturated rings. The average Bonchev–Trinajstić information content (AvgIpc) is 3.03. The van der Waals surface area contributed by atoms with Crippen LogP contribution in [-0.4, -0.2) is 32.8 Å². The normalized spacial score (nSPS) is 12.6. The Bertz CT molecular complexity index is 851. The van der Waals surface area contributed by atoms with E-state index < -0.39 is 17.5 Å². The molecule has 0 radical (unpaired) electrons. The summed E-state index contributed by atoms with van der Waals surface area (Å²) in [6, 6.07) is 7.56. The van der Waals surface area contributed by atoms with Crippen LogP contribution < -0.4 is 5.56 Å². The van der Waals surface area contributed by atoms with Crippen molar-refractivity contribution in [1.29, 1.82) is 0 Å². The fraction of sp³-hybridized carbons (Fsp3) is 0.267. The van der Waals surface area contributed by atoms with E-state index in [1.54, 1.807) is 11.3 Å². The van der Waals surface area contributed by atoms with E-state index in [1.807, 2.05) is 17.5 Å². The molecular weight excluding hydrogens is 321 g/mol. The van der Waals surface area contributed by atoms with Gasteiger partial charge in [0.15, 0.2) is 0 Å². The van der Waals surface area contributed by atoms with Gasteiger partial charge in [0.25, 0.3) is 5.56 Å². The lowest BCUT2D eigenvalue weighted by molar-refractivity contribution is 0.0186. The highest BCUT2D eigenvalue weighted by Gasteiger charge is 2.11. The number of hydrogen-bond donors (Lipinski definition) is 1. The first-order valence-corrected chi connectivity index (χ1v) is 7.83. The fourth-order valence-corrected chi connectivity index (χ4v) is 2.75. The minimum Gasteiger partial charge on any atom is -0.389 e. The SMILES string of the molecule is O=c1c2ccc(F)cc2nnn1CC(O)COCc1cccs1. The standard InChI is InChI=1S/C15H14FN3O3S/c16-10-3-4-13-14(6-10)17-18-19(15(13)21)7-11(20)8-22-9-12-2-1-5-23-12/h1-6,11,20H,7-9H2. The lowest BCUT2D eigenvalue weighted by Gasteiger charge is -2.11. The minimum absolute atomic E-state index is 0.0381. The monoisotopic (exact) mass is 335 g/mol. The van der Waals surface area contributed by atoms with Gasteiger partial charge in [0.1, 0.15) is 11.3 Å². The van der Waals surface area contributed by atoms with Gasteiger partial charge in [0.2, 0.25) is 0 Å². The van der Waals surface area contributed by atoms with Gasteiger partial charge in [0, 0.05) is 10.9 Å². The molecule has 8 heteroatoms. The van der Waals surface area contributed by atoms with Crippen LogP contribution in [0.2, 0.25) is 0 Å². The first-order valence-electron chi connectivity index (χ1n) is 6.95. The zero-order valence-electron chi connectivity index (χ0n) is 12.1. The van der Waals surface area contributed by atoms with Crippen molar-refractivity contribution < 1.29 is 14.2 Å². The zero-order valence-corrected chi connectivity index (χ0v) is 12.9. The molecule has 1 aromatic carbocycles. The van der Waals surface area contributed by atoms with Crippen LogP contribution in [0.3, 0.4) is 0 Å². The summed E-state index contributed by atoms with van der Waals surface area (Å²) in [5.41, 5.74) is -0.234. The van der Waals surface area contributed by atoms with E-state index in [0.29, 0.717) is 6.61 Å². The van der Waals surface area contributed by atoms with Crippen LogP contribution in [0.4, 0.5) is 4.39 Å². The number of rotatable bonds is 6. The summed E-state index contributed by atoms with van der Waals surface area (Å²) in [7, 11) is 0. The summed E-state index contributed by atoms with van der Waals surface area (Å²) in [6.07, 6.45) is -0.889. The lowest BCUT2D eigenvalue weighted by Crippen LogP contribution is -2.32. The third kappa shape index (κ3) is 3.79. The molecule has 1 N–H and O–H groups in total. The highest BCUT2D eigenvalue weighted by Crippen LogP contribution is 2.10. The van der Waals surface area contributed by atoms with Gasteiger partial charge in [-0.25, -0.2) is 9.07 Å². The van der Waals surface area contributed by atoms with E-state index in [-0.39, 0.29) is 24.1 Å². The molecule has 0 saturated heterocycles. The Kier molecular flexibility index (Phi) is 4.75. The maximum atomic E-state index is 13.1. The van der Waals surface area contributed by atoms with Crippen molar-refractivity contribution in [3.63, 3.8) is 0 Å². The summed E-state index contributed by atoms with van der Waals surface area (Å²) < 4.78 is 19.6. The van der Waals surface area contributed by atoms with Gasteiger partial charge in [-0.1, -0.05) is 11.3 Å². The number of aliphatic hydroxyl groups is 1. The van der Waals surface area contributed by atoms with Crippen molar-refractivity contribution >= 4 is 22.2 Å². The molecule has 0 aliphatic rings. The van der Waals surface area contributed by atoms with Crippen LogP contribution in [0.25, 0.3) is 10.9 Å². The fourth-order valence-electron chi connectivity index (χ4n) is 2.11. The maximum absolute atomic E-state index is 13.1. The molecule has 2 heterocycles. The topological polar surface area (TPSA) is 77.2 Å². The van der Waals surface area contributed by atoms with Crippen molar-refractivity contribution in [1.82, 2.24) is 15.0 Å². The van der Waals surface area contributed by atoms with Crippen LogP contribution in [0.1, 0.15) is 4.88 Å². The largest absolute Gasteiger partial charge is 0.389 e. The molecule has 3 aromatic rings. The van der Waals surface area contributed by atoms with Crippen LogP contribution in [0.5, 0.6) is 0 Å².